The number of hydrogen-bond acceptors (Lipinski definition) is 2. The van der Waals surface area contributed by atoms with E-state index in [9.17, 15) is 0 Å². The minimum absolute atomic E-state index is 0.649. The lowest BCUT2D eigenvalue weighted by molar-refractivity contribution is 1.01. The van der Waals surface area contributed by atoms with Gasteiger partial charge >= 0.3 is 0 Å². The Bertz CT molecular complexity index is 3170. The molecular weight excluding hydrogens is 657 g/mol. The summed E-state index contributed by atoms with van der Waals surface area (Å²) in [5.74, 6) is 0.649. The van der Waals surface area contributed by atoms with Crippen LogP contribution in [-0.2, 0) is 0 Å². The molecule has 0 unspecified atom stereocenters. The molecule has 4 nitrogen and oxygen atoms in total. The van der Waals surface area contributed by atoms with E-state index in [1.807, 2.05) is 0 Å². The van der Waals surface area contributed by atoms with Gasteiger partial charge in [-0.15, -0.1) is 0 Å². The lowest BCUT2D eigenvalue weighted by Gasteiger charge is -2.12. The zero-order chi connectivity index (χ0) is 35.6. The van der Waals surface area contributed by atoms with Crippen molar-refractivity contribution in [2.24, 2.45) is 0 Å². The molecule has 4 heteroatoms. The molecule has 0 aliphatic carbocycles. The quantitative estimate of drug-likeness (QED) is 0.180. The molecule has 3 heterocycles. The second-order valence-electron chi connectivity index (χ2n) is 13.8. The average Bonchev–Trinajstić information content (AvgIpc) is 3.77. The van der Waals surface area contributed by atoms with Gasteiger partial charge in [-0.25, -0.2) is 9.97 Å². The Morgan fingerprint density at radius 2 is 0.833 bits per heavy atom. The number of para-hydroxylation sites is 3. The standard InChI is InChI=1S/C50H32N4/c1-3-13-33(14-4-1)35-23-25-37(26-24-35)48-41-18-7-10-20-43(41)51-50(52-48)54-45-22-12-9-19-42(45)47-46(54)32-31-40-39-17-8-11-21-44(39)53(49(40)47)38-29-27-36(28-30-38)34-15-5-2-6-16-34/h1-32H. The Morgan fingerprint density at radius 1 is 0.315 bits per heavy atom. The molecule has 0 saturated carbocycles. The first kappa shape index (κ1) is 30.3. The number of benzene rings is 8. The van der Waals surface area contributed by atoms with Gasteiger partial charge in [0.05, 0.1) is 33.3 Å². The fraction of sp³-hybridized carbons (Fsp3) is 0. The molecule has 0 N–H and O–H groups in total. The number of hydrogen-bond donors (Lipinski definition) is 0. The van der Waals surface area contributed by atoms with Crippen LogP contribution in [0, 0.1) is 0 Å². The van der Waals surface area contributed by atoms with E-state index in [0.29, 0.717) is 5.95 Å². The first-order valence-corrected chi connectivity index (χ1v) is 18.3. The summed E-state index contributed by atoms with van der Waals surface area (Å²) in [6, 6.07) is 69.0. The van der Waals surface area contributed by atoms with Gasteiger partial charge in [-0.05, 0) is 58.7 Å². The zero-order valence-corrected chi connectivity index (χ0v) is 29.3. The number of rotatable bonds is 5. The molecule has 0 spiro atoms. The van der Waals surface area contributed by atoms with Crippen LogP contribution >= 0.6 is 0 Å². The third kappa shape index (κ3) is 4.70. The summed E-state index contributed by atoms with van der Waals surface area (Å²) in [6.07, 6.45) is 0. The predicted molar refractivity (Wildman–Crippen MR) is 225 cm³/mol. The van der Waals surface area contributed by atoms with Crippen LogP contribution in [-0.4, -0.2) is 19.1 Å². The van der Waals surface area contributed by atoms with Crippen LogP contribution in [0.1, 0.15) is 0 Å². The molecule has 0 aliphatic heterocycles. The molecule has 0 bridgehead atoms. The molecule has 0 amide bonds. The highest BCUT2D eigenvalue weighted by Crippen LogP contribution is 2.42. The van der Waals surface area contributed by atoms with Gasteiger partial charge in [-0.1, -0.05) is 158 Å². The number of aromatic nitrogens is 4. The third-order valence-corrected chi connectivity index (χ3v) is 10.8. The van der Waals surface area contributed by atoms with Gasteiger partial charge in [-0.2, -0.15) is 0 Å². The van der Waals surface area contributed by atoms with Crippen molar-refractivity contribution in [3.8, 4) is 45.1 Å². The minimum atomic E-state index is 0.649. The fourth-order valence-corrected chi connectivity index (χ4v) is 8.26. The van der Waals surface area contributed by atoms with E-state index in [0.717, 1.165) is 44.3 Å². The van der Waals surface area contributed by atoms with Crippen LogP contribution < -0.4 is 0 Å². The van der Waals surface area contributed by atoms with Gasteiger partial charge < -0.3 is 4.57 Å². The normalized spacial score (nSPS) is 11.7. The van der Waals surface area contributed by atoms with Crippen LogP contribution in [0.2, 0.25) is 0 Å². The van der Waals surface area contributed by atoms with E-state index in [4.69, 9.17) is 9.97 Å². The molecule has 11 rings (SSSR count). The van der Waals surface area contributed by atoms with Crippen molar-refractivity contribution < 1.29 is 0 Å². The maximum absolute atomic E-state index is 5.40. The second kappa shape index (κ2) is 12.1. The first-order chi connectivity index (χ1) is 26.8. The molecule has 0 aliphatic rings. The first-order valence-electron chi connectivity index (χ1n) is 18.3. The third-order valence-electron chi connectivity index (χ3n) is 10.8. The van der Waals surface area contributed by atoms with Gasteiger partial charge in [0.25, 0.3) is 0 Å². The van der Waals surface area contributed by atoms with Gasteiger partial charge in [0.2, 0.25) is 5.95 Å². The predicted octanol–water partition coefficient (Wildman–Crippen LogP) is 12.8. The smallest absolute Gasteiger partial charge is 0.235 e. The fourth-order valence-electron chi connectivity index (χ4n) is 8.26. The number of fused-ring (bicyclic) bond motifs is 8. The second-order valence-corrected chi connectivity index (χ2v) is 13.8. The van der Waals surface area contributed by atoms with E-state index < -0.39 is 0 Å². The SMILES string of the molecule is c1ccc(-c2ccc(-c3nc(-n4c5ccccc5c5c4ccc4c6ccccc6n(-c6ccc(-c7ccccc7)cc6)c45)nc4ccccc34)cc2)cc1. The Hall–Kier alpha value is -7.30. The molecule has 54 heavy (non-hydrogen) atoms. The molecule has 8 aromatic carbocycles. The van der Waals surface area contributed by atoms with Crippen LogP contribution in [0.3, 0.4) is 0 Å². The lowest BCUT2D eigenvalue weighted by atomic mass is 10.0. The Labute approximate surface area is 311 Å². The van der Waals surface area contributed by atoms with Crippen LogP contribution in [0.5, 0.6) is 0 Å². The van der Waals surface area contributed by atoms with E-state index in [2.05, 4.69) is 203 Å². The van der Waals surface area contributed by atoms with Gasteiger partial charge in [0.1, 0.15) is 0 Å². The Balaban J connectivity index is 1.17. The molecule has 0 atom stereocenters. The van der Waals surface area contributed by atoms with E-state index in [1.165, 1.54) is 49.4 Å². The van der Waals surface area contributed by atoms with Crippen molar-refractivity contribution >= 4 is 54.5 Å². The number of nitrogens with zero attached hydrogens (tertiary/aromatic N) is 4. The van der Waals surface area contributed by atoms with Crippen molar-refractivity contribution in [3.05, 3.63) is 194 Å². The maximum atomic E-state index is 5.40. The largest absolute Gasteiger partial charge is 0.309 e. The topological polar surface area (TPSA) is 35.6 Å². The minimum Gasteiger partial charge on any atom is -0.309 e. The lowest BCUT2D eigenvalue weighted by Crippen LogP contribution is -2.03. The van der Waals surface area contributed by atoms with Crippen LogP contribution in [0.25, 0.3) is 99.7 Å². The summed E-state index contributed by atoms with van der Waals surface area (Å²) < 4.78 is 4.68. The molecule has 0 radical (unpaired) electrons. The van der Waals surface area contributed by atoms with Crippen molar-refractivity contribution in [2.45, 2.75) is 0 Å². The van der Waals surface area contributed by atoms with Gasteiger partial charge in [-0.3, -0.25) is 4.57 Å². The summed E-state index contributed by atoms with van der Waals surface area (Å²) >= 11 is 0. The van der Waals surface area contributed by atoms with Crippen LogP contribution in [0.15, 0.2) is 194 Å². The van der Waals surface area contributed by atoms with Crippen molar-refractivity contribution in [1.82, 2.24) is 19.1 Å². The summed E-state index contributed by atoms with van der Waals surface area (Å²) in [6.45, 7) is 0. The van der Waals surface area contributed by atoms with Crippen LogP contribution in [0.4, 0.5) is 0 Å². The molecule has 0 saturated heterocycles. The van der Waals surface area contributed by atoms with Crippen molar-refractivity contribution in [3.63, 3.8) is 0 Å². The average molecular weight is 689 g/mol. The summed E-state index contributed by atoms with van der Waals surface area (Å²) in [5, 5.41) is 5.80. The van der Waals surface area contributed by atoms with Gasteiger partial charge in [0.15, 0.2) is 0 Å². The van der Waals surface area contributed by atoms with E-state index >= 15 is 0 Å². The zero-order valence-electron chi connectivity index (χ0n) is 29.3. The highest BCUT2D eigenvalue weighted by Gasteiger charge is 2.22. The molecule has 252 valence electrons. The summed E-state index contributed by atoms with van der Waals surface area (Å²) in [7, 11) is 0. The van der Waals surface area contributed by atoms with Crippen molar-refractivity contribution in [2.75, 3.05) is 0 Å². The molecule has 3 aromatic heterocycles. The van der Waals surface area contributed by atoms with E-state index in [-0.39, 0.29) is 0 Å². The molecule has 0 fully saturated rings. The maximum Gasteiger partial charge on any atom is 0.235 e. The monoisotopic (exact) mass is 688 g/mol. The molecule has 11 aromatic rings. The summed E-state index contributed by atoms with van der Waals surface area (Å²) in [5.41, 5.74) is 13.2. The van der Waals surface area contributed by atoms with Gasteiger partial charge in [0, 0.05) is 38.2 Å². The highest BCUT2D eigenvalue weighted by molar-refractivity contribution is 6.26. The molecular formula is C50H32N4. The van der Waals surface area contributed by atoms with E-state index in [1.54, 1.807) is 0 Å². The Kier molecular flexibility index (Phi) is 6.82. The highest BCUT2D eigenvalue weighted by atomic mass is 15.2. The Morgan fingerprint density at radius 3 is 1.52 bits per heavy atom. The summed E-state index contributed by atoms with van der Waals surface area (Å²) in [4.78, 5) is 10.7. The van der Waals surface area contributed by atoms with Crippen molar-refractivity contribution in [1.29, 1.82) is 0 Å².